The molecular weight excluding hydrogens is 126 g/mol. The van der Waals surface area contributed by atoms with Gasteiger partial charge in [0.1, 0.15) is 0 Å². The fourth-order valence-electron chi connectivity index (χ4n) is 1.36. The van der Waals surface area contributed by atoms with Gasteiger partial charge in [0.25, 0.3) is 0 Å². The summed E-state index contributed by atoms with van der Waals surface area (Å²) in [7, 11) is 0. The fraction of sp³-hybridized carbons (Fsp3) is 0.750. The fourth-order valence-corrected chi connectivity index (χ4v) is 1.36. The molecule has 2 atom stereocenters. The van der Waals surface area contributed by atoms with Gasteiger partial charge in [-0.3, -0.25) is 0 Å². The number of nitrogens with one attached hydrogen (secondary N) is 1. The molecule has 1 aliphatic heterocycles. The van der Waals surface area contributed by atoms with E-state index >= 15 is 0 Å². The number of rotatable bonds is 2. The Morgan fingerprint density at radius 1 is 1.70 bits per heavy atom. The zero-order valence-electron chi connectivity index (χ0n) is 6.21. The van der Waals surface area contributed by atoms with Crippen LogP contribution in [0.1, 0.15) is 12.8 Å². The number of aliphatic hydroxyl groups is 1. The molecule has 1 saturated heterocycles. The monoisotopic (exact) mass is 141 g/mol. The highest BCUT2D eigenvalue weighted by molar-refractivity contribution is 4.82. The summed E-state index contributed by atoms with van der Waals surface area (Å²) in [6.45, 7) is 5.54. The smallest absolute Gasteiger partial charge is 0.0595 e. The van der Waals surface area contributed by atoms with Gasteiger partial charge in [0, 0.05) is 12.5 Å². The van der Waals surface area contributed by atoms with Crippen molar-refractivity contribution in [2.45, 2.75) is 18.9 Å². The second-order valence-corrected chi connectivity index (χ2v) is 2.84. The zero-order valence-corrected chi connectivity index (χ0v) is 6.21. The second-order valence-electron chi connectivity index (χ2n) is 2.84. The van der Waals surface area contributed by atoms with E-state index in [1.165, 1.54) is 0 Å². The summed E-state index contributed by atoms with van der Waals surface area (Å²) in [4.78, 5) is 0. The molecule has 0 aromatic carbocycles. The lowest BCUT2D eigenvalue weighted by Crippen LogP contribution is -2.39. The molecule has 2 nitrogen and oxygen atoms in total. The Bertz CT molecular complexity index is 114. The first kappa shape index (κ1) is 7.76. The summed E-state index contributed by atoms with van der Waals surface area (Å²) in [6, 6.07) is 0. The quantitative estimate of drug-likeness (QED) is 0.550. The topological polar surface area (TPSA) is 32.3 Å². The maximum Gasteiger partial charge on any atom is 0.0595 e. The van der Waals surface area contributed by atoms with Crippen LogP contribution in [0.4, 0.5) is 0 Å². The maximum absolute atomic E-state index is 9.41. The number of hydrogen-bond donors (Lipinski definition) is 2. The molecule has 2 heteroatoms. The number of allylic oxidation sites excluding steroid dienone is 1. The van der Waals surface area contributed by atoms with E-state index in [-0.39, 0.29) is 6.10 Å². The van der Waals surface area contributed by atoms with Crippen LogP contribution in [0.5, 0.6) is 0 Å². The second kappa shape index (κ2) is 3.74. The van der Waals surface area contributed by atoms with Crippen LogP contribution in [-0.4, -0.2) is 24.3 Å². The first-order chi connectivity index (χ1) is 4.84. The summed E-state index contributed by atoms with van der Waals surface area (Å²) in [5, 5.41) is 12.7. The highest BCUT2D eigenvalue weighted by Crippen LogP contribution is 2.14. The molecule has 0 spiro atoms. The molecule has 2 N–H and O–H groups in total. The van der Waals surface area contributed by atoms with Gasteiger partial charge in [-0.1, -0.05) is 6.08 Å². The van der Waals surface area contributed by atoms with Crippen LogP contribution < -0.4 is 5.32 Å². The molecule has 0 aromatic heterocycles. The minimum Gasteiger partial charge on any atom is -0.393 e. The Hall–Kier alpha value is -0.340. The van der Waals surface area contributed by atoms with Gasteiger partial charge in [-0.2, -0.15) is 0 Å². The molecule has 1 heterocycles. The highest BCUT2D eigenvalue weighted by Gasteiger charge is 2.20. The van der Waals surface area contributed by atoms with Crippen molar-refractivity contribution in [1.82, 2.24) is 5.32 Å². The van der Waals surface area contributed by atoms with Gasteiger partial charge in [-0.25, -0.2) is 0 Å². The Morgan fingerprint density at radius 3 is 3.10 bits per heavy atom. The van der Waals surface area contributed by atoms with E-state index in [9.17, 15) is 5.11 Å². The van der Waals surface area contributed by atoms with Gasteiger partial charge in [0.15, 0.2) is 0 Å². The van der Waals surface area contributed by atoms with Crippen molar-refractivity contribution in [2.24, 2.45) is 5.92 Å². The van der Waals surface area contributed by atoms with Crippen LogP contribution in [0.2, 0.25) is 0 Å². The Labute approximate surface area is 61.9 Å². The lowest BCUT2D eigenvalue weighted by Gasteiger charge is -2.27. The first-order valence-corrected chi connectivity index (χ1v) is 3.84. The summed E-state index contributed by atoms with van der Waals surface area (Å²) in [5.74, 6) is 0.395. The van der Waals surface area contributed by atoms with E-state index in [2.05, 4.69) is 11.9 Å². The highest BCUT2D eigenvalue weighted by atomic mass is 16.3. The first-order valence-electron chi connectivity index (χ1n) is 3.84. The molecule has 0 saturated carbocycles. The normalized spacial score (nSPS) is 33.7. The summed E-state index contributed by atoms with van der Waals surface area (Å²) in [6.07, 6.45) is 3.58. The zero-order chi connectivity index (χ0) is 7.40. The van der Waals surface area contributed by atoms with Crippen molar-refractivity contribution in [2.75, 3.05) is 13.1 Å². The molecule has 0 amide bonds. The van der Waals surface area contributed by atoms with Crippen molar-refractivity contribution in [3.8, 4) is 0 Å². The van der Waals surface area contributed by atoms with E-state index in [0.29, 0.717) is 5.92 Å². The average molecular weight is 141 g/mol. The van der Waals surface area contributed by atoms with Crippen molar-refractivity contribution in [3.05, 3.63) is 12.7 Å². The molecular formula is C8H15NO. The molecule has 2 unspecified atom stereocenters. The largest absolute Gasteiger partial charge is 0.393 e. The molecule has 0 aliphatic carbocycles. The molecule has 0 bridgehead atoms. The van der Waals surface area contributed by atoms with Crippen LogP contribution in [0, 0.1) is 5.92 Å². The molecule has 10 heavy (non-hydrogen) atoms. The van der Waals surface area contributed by atoms with Crippen molar-refractivity contribution in [3.63, 3.8) is 0 Å². The van der Waals surface area contributed by atoms with Gasteiger partial charge in [-0.15, -0.1) is 6.58 Å². The van der Waals surface area contributed by atoms with E-state index in [0.717, 1.165) is 25.9 Å². The SMILES string of the molecule is C=CCC1CNCCC1O. The van der Waals surface area contributed by atoms with Crippen LogP contribution in [0.3, 0.4) is 0 Å². The van der Waals surface area contributed by atoms with Crippen LogP contribution in [0.25, 0.3) is 0 Å². The maximum atomic E-state index is 9.41. The van der Waals surface area contributed by atoms with Crippen LogP contribution >= 0.6 is 0 Å². The van der Waals surface area contributed by atoms with Crippen molar-refractivity contribution in [1.29, 1.82) is 0 Å². The lowest BCUT2D eigenvalue weighted by molar-refractivity contribution is 0.0805. The van der Waals surface area contributed by atoms with Crippen LogP contribution in [0.15, 0.2) is 12.7 Å². The molecule has 1 fully saturated rings. The summed E-state index contributed by atoms with van der Waals surface area (Å²) < 4.78 is 0. The predicted molar refractivity (Wildman–Crippen MR) is 41.8 cm³/mol. The van der Waals surface area contributed by atoms with Gasteiger partial charge < -0.3 is 10.4 Å². The Balaban J connectivity index is 2.32. The van der Waals surface area contributed by atoms with Gasteiger partial charge >= 0.3 is 0 Å². The summed E-state index contributed by atoms with van der Waals surface area (Å²) in [5.41, 5.74) is 0. The number of hydrogen-bond acceptors (Lipinski definition) is 2. The third-order valence-corrected chi connectivity index (χ3v) is 2.04. The van der Waals surface area contributed by atoms with Gasteiger partial charge in [0.05, 0.1) is 6.10 Å². The van der Waals surface area contributed by atoms with E-state index in [1.807, 2.05) is 6.08 Å². The standard InChI is InChI=1S/C8H15NO/c1-2-3-7-6-9-5-4-8(7)10/h2,7-10H,1,3-6H2. The Kier molecular flexibility index (Phi) is 2.90. The van der Waals surface area contributed by atoms with Gasteiger partial charge in [0.2, 0.25) is 0 Å². The average Bonchev–Trinajstić information content (AvgIpc) is 1.94. The van der Waals surface area contributed by atoms with Crippen LogP contribution in [-0.2, 0) is 0 Å². The van der Waals surface area contributed by atoms with E-state index in [1.54, 1.807) is 0 Å². The van der Waals surface area contributed by atoms with Gasteiger partial charge in [-0.05, 0) is 19.4 Å². The molecule has 0 aromatic rings. The number of piperidine rings is 1. The third kappa shape index (κ3) is 1.82. The number of aliphatic hydroxyl groups excluding tert-OH is 1. The molecule has 1 rings (SSSR count). The van der Waals surface area contributed by atoms with E-state index in [4.69, 9.17) is 0 Å². The molecule has 1 aliphatic rings. The minimum atomic E-state index is -0.112. The third-order valence-electron chi connectivity index (χ3n) is 2.04. The van der Waals surface area contributed by atoms with Crippen molar-refractivity contribution >= 4 is 0 Å². The molecule has 58 valence electrons. The van der Waals surface area contributed by atoms with E-state index < -0.39 is 0 Å². The minimum absolute atomic E-state index is 0.112. The Morgan fingerprint density at radius 2 is 2.50 bits per heavy atom. The lowest BCUT2D eigenvalue weighted by atomic mass is 9.93. The summed E-state index contributed by atoms with van der Waals surface area (Å²) >= 11 is 0. The molecule has 0 radical (unpaired) electrons. The predicted octanol–water partition coefficient (Wildman–Crippen LogP) is 0.533. The van der Waals surface area contributed by atoms with Crippen molar-refractivity contribution < 1.29 is 5.11 Å².